The summed E-state index contributed by atoms with van der Waals surface area (Å²) in [5, 5.41) is 7.15. The molecular formula is C26H32N2O. The van der Waals surface area contributed by atoms with Crippen molar-refractivity contribution in [2.45, 2.75) is 63.1 Å². The molecule has 0 aromatic heterocycles. The van der Waals surface area contributed by atoms with E-state index in [0.717, 1.165) is 17.8 Å². The second-order valence-corrected chi connectivity index (χ2v) is 9.83. The van der Waals surface area contributed by atoms with E-state index in [1.165, 1.54) is 49.7 Å². The third-order valence-corrected chi connectivity index (χ3v) is 7.50. The zero-order chi connectivity index (χ0) is 19.8. The Morgan fingerprint density at radius 3 is 1.72 bits per heavy atom. The second kappa shape index (κ2) is 7.60. The van der Waals surface area contributed by atoms with Gasteiger partial charge in [-0.15, -0.1) is 0 Å². The maximum atomic E-state index is 13.3. The van der Waals surface area contributed by atoms with Crippen molar-refractivity contribution in [2.24, 2.45) is 17.8 Å². The summed E-state index contributed by atoms with van der Waals surface area (Å²) in [4.78, 5) is 13.3. The lowest BCUT2D eigenvalue weighted by molar-refractivity contribution is -0.128. The average molecular weight is 389 g/mol. The second-order valence-electron chi connectivity index (χ2n) is 9.83. The van der Waals surface area contributed by atoms with E-state index in [9.17, 15) is 4.79 Å². The lowest BCUT2D eigenvalue weighted by atomic mass is 9.53. The van der Waals surface area contributed by atoms with Gasteiger partial charge in [0.2, 0.25) is 5.91 Å². The molecular weight excluding hydrogens is 356 g/mol. The molecule has 1 atom stereocenters. The highest BCUT2D eigenvalue weighted by molar-refractivity contribution is 5.82. The molecule has 4 fully saturated rings. The first-order valence-corrected chi connectivity index (χ1v) is 11.3. The third kappa shape index (κ3) is 3.85. The lowest BCUT2D eigenvalue weighted by Gasteiger charge is -2.57. The lowest BCUT2D eigenvalue weighted by Crippen LogP contribution is -2.62. The van der Waals surface area contributed by atoms with Crippen LogP contribution in [-0.2, 0) is 4.79 Å². The van der Waals surface area contributed by atoms with Crippen LogP contribution in [0, 0.1) is 17.8 Å². The number of carbonyl (C=O) groups is 1. The molecule has 2 aromatic carbocycles. The molecule has 0 saturated heterocycles. The van der Waals surface area contributed by atoms with Crippen molar-refractivity contribution in [2.75, 3.05) is 0 Å². The fourth-order valence-electron chi connectivity index (χ4n) is 6.63. The van der Waals surface area contributed by atoms with E-state index in [2.05, 4.69) is 59.2 Å². The van der Waals surface area contributed by atoms with Gasteiger partial charge >= 0.3 is 0 Å². The molecule has 0 unspecified atom stereocenters. The van der Waals surface area contributed by atoms with E-state index < -0.39 is 0 Å². The van der Waals surface area contributed by atoms with E-state index in [4.69, 9.17) is 0 Å². The molecule has 29 heavy (non-hydrogen) atoms. The predicted octanol–water partition coefficient (Wildman–Crippen LogP) is 4.84. The molecule has 152 valence electrons. The van der Waals surface area contributed by atoms with Crippen LogP contribution in [0.2, 0.25) is 0 Å². The van der Waals surface area contributed by atoms with E-state index in [-0.39, 0.29) is 23.5 Å². The Labute approximate surface area is 174 Å². The number of nitrogens with one attached hydrogen (secondary N) is 2. The number of carbonyl (C=O) groups excluding carboxylic acids is 1. The number of amides is 1. The van der Waals surface area contributed by atoms with Crippen LogP contribution < -0.4 is 10.6 Å². The van der Waals surface area contributed by atoms with Crippen molar-refractivity contribution in [3.8, 4) is 0 Å². The van der Waals surface area contributed by atoms with Gasteiger partial charge in [0.05, 0.1) is 12.1 Å². The fraction of sp³-hybridized carbons (Fsp3) is 0.500. The fourth-order valence-corrected chi connectivity index (χ4v) is 6.63. The summed E-state index contributed by atoms with van der Waals surface area (Å²) in [6.07, 6.45) is 7.77. The van der Waals surface area contributed by atoms with Crippen LogP contribution in [-0.4, -0.2) is 17.5 Å². The van der Waals surface area contributed by atoms with Crippen molar-refractivity contribution in [1.82, 2.24) is 10.6 Å². The molecule has 0 aliphatic heterocycles. The molecule has 3 nitrogen and oxygen atoms in total. The highest BCUT2D eigenvalue weighted by atomic mass is 16.2. The zero-order valence-corrected chi connectivity index (χ0v) is 17.3. The van der Waals surface area contributed by atoms with E-state index in [0.29, 0.717) is 0 Å². The third-order valence-electron chi connectivity index (χ3n) is 7.50. The van der Waals surface area contributed by atoms with Crippen LogP contribution in [0.25, 0.3) is 0 Å². The highest BCUT2D eigenvalue weighted by Gasteiger charge is 2.51. The van der Waals surface area contributed by atoms with Gasteiger partial charge in [0.25, 0.3) is 0 Å². The SMILES string of the molecule is C[C@@H](NC(c1ccccc1)c1ccccc1)C(=O)NC12CC3CC(CC(C3)C1)C2. The smallest absolute Gasteiger partial charge is 0.237 e. The average Bonchev–Trinajstić information content (AvgIpc) is 2.71. The van der Waals surface area contributed by atoms with Crippen LogP contribution in [0.15, 0.2) is 60.7 Å². The molecule has 2 N–H and O–H groups in total. The monoisotopic (exact) mass is 388 g/mol. The molecule has 4 saturated carbocycles. The van der Waals surface area contributed by atoms with Crippen LogP contribution >= 0.6 is 0 Å². The maximum absolute atomic E-state index is 13.3. The topological polar surface area (TPSA) is 41.1 Å². The zero-order valence-electron chi connectivity index (χ0n) is 17.3. The van der Waals surface area contributed by atoms with Crippen molar-refractivity contribution in [3.05, 3.63) is 71.8 Å². The molecule has 0 heterocycles. The summed E-state index contributed by atoms with van der Waals surface area (Å²) in [5.74, 6) is 2.67. The van der Waals surface area contributed by atoms with E-state index in [1.54, 1.807) is 0 Å². The van der Waals surface area contributed by atoms with Crippen molar-refractivity contribution >= 4 is 5.91 Å². The molecule has 4 bridgehead atoms. The minimum Gasteiger partial charge on any atom is -0.349 e. The molecule has 2 aromatic rings. The summed E-state index contributed by atoms with van der Waals surface area (Å²) >= 11 is 0. The Morgan fingerprint density at radius 2 is 1.28 bits per heavy atom. The van der Waals surface area contributed by atoms with Gasteiger partial charge in [0.1, 0.15) is 0 Å². The highest BCUT2D eigenvalue weighted by Crippen LogP contribution is 2.55. The summed E-state index contributed by atoms with van der Waals surface area (Å²) in [5.41, 5.74) is 2.44. The number of hydrogen-bond acceptors (Lipinski definition) is 2. The van der Waals surface area contributed by atoms with Crippen LogP contribution in [0.1, 0.15) is 62.6 Å². The van der Waals surface area contributed by atoms with Crippen LogP contribution in [0.5, 0.6) is 0 Å². The minimum absolute atomic E-state index is 0.00881. The normalized spacial score (nSPS) is 31.0. The van der Waals surface area contributed by atoms with Gasteiger partial charge in [-0.3, -0.25) is 10.1 Å². The number of hydrogen-bond donors (Lipinski definition) is 2. The van der Waals surface area contributed by atoms with Gasteiger partial charge in [-0.1, -0.05) is 60.7 Å². The maximum Gasteiger partial charge on any atom is 0.237 e. The standard InChI is InChI=1S/C26H32N2O/c1-18(25(29)28-26-15-19-12-20(16-26)14-21(13-19)17-26)27-24(22-8-4-2-5-9-22)23-10-6-3-7-11-23/h2-11,18-21,24,27H,12-17H2,1H3,(H,28,29)/t18-,19?,20?,21?,26?/m1/s1. The first-order chi connectivity index (χ1) is 14.1. The van der Waals surface area contributed by atoms with E-state index in [1.807, 2.05) is 19.1 Å². The van der Waals surface area contributed by atoms with Gasteiger partial charge < -0.3 is 5.32 Å². The summed E-state index contributed by atoms with van der Waals surface area (Å²) < 4.78 is 0. The van der Waals surface area contributed by atoms with Gasteiger partial charge in [0.15, 0.2) is 0 Å². The summed E-state index contributed by atoms with van der Waals surface area (Å²) in [6.45, 7) is 2.01. The Bertz CT molecular complexity index is 773. The quantitative estimate of drug-likeness (QED) is 0.743. The van der Waals surface area contributed by atoms with Crippen molar-refractivity contribution in [1.29, 1.82) is 0 Å². The summed E-state index contributed by atoms with van der Waals surface area (Å²) in [7, 11) is 0. The van der Waals surface area contributed by atoms with Crippen LogP contribution in [0.4, 0.5) is 0 Å². The van der Waals surface area contributed by atoms with Gasteiger partial charge in [-0.25, -0.2) is 0 Å². The van der Waals surface area contributed by atoms with E-state index >= 15 is 0 Å². The van der Waals surface area contributed by atoms with Gasteiger partial charge in [0, 0.05) is 5.54 Å². The van der Waals surface area contributed by atoms with Crippen molar-refractivity contribution in [3.63, 3.8) is 0 Å². The first-order valence-electron chi connectivity index (χ1n) is 11.3. The Kier molecular flexibility index (Phi) is 4.95. The van der Waals surface area contributed by atoms with Crippen LogP contribution in [0.3, 0.4) is 0 Å². The first kappa shape index (κ1) is 18.9. The minimum atomic E-state index is -0.242. The molecule has 4 aliphatic rings. The van der Waals surface area contributed by atoms with Gasteiger partial charge in [-0.05, 0) is 74.3 Å². The molecule has 4 aliphatic carbocycles. The molecule has 0 radical (unpaired) electrons. The molecule has 1 amide bonds. The largest absolute Gasteiger partial charge is 0.349 e. The molecule has 6 rings (SSSR count). The summed E-state index contributed by atoms with van der Waals surface area (Å²) in [6, 6.07) is 20.6. The number of rotatable bonds is 6. The Morgan fingerprint density at radius 1 is 0.828 bits per heavy atom. The Balaban J connectivity index is 1.31. The molecule has 0 spiro atoms. The Hall–Kier alpha value is -2.13. The number of benzene rings is 2. The van der Waals surface area contributed by atoms with Crippen molar-refractivity contribution < 1.29 is 4.79 Å². The van der Waals surface area contributed by atoms with Gasteiger partial charge in [-0.2, -0.15) is 0 Å². The predicted molar refractivity (Wildman–Crippen MR) is 116 cm³/mol. The molecule has 3 heteroatoms.